The summed E-state index contributed by atoms with van der Waals surface area (Å²) in [6, 6.07) is 6.82. The van der Waals surface area contributed by atoms with Gasteiger partial charge >= 0.3 is 0 Å². The Morgan fingerprint density at radius 1 is 1.12 bits per heavy atom. The summed E-state index contributed by atoms with van der Waals surface area (Å²) in [5.41, 5.74) is 1.06. The first kappa shape index (κ1) is 17.7. The topological polar surface area (TPSA) is 87.3 Å². The molecule has 1 aromatic carbocycles. The van der Waals surface area contributed by atoms with Crippen LogP contribution in [0.2, 0.25) is 0 Å². The van der Waals surface area contributed by atoms with Crippen molar-refractivity contribution in [1.29, 1.82) is 0 Å². The molecule has 1 aliphatic rings. The predicted octanol–water partition coefficient (Wildman–Crippen LogP) is 1.99. The van der Waals surface area contributed by atoms with Crippen molar-refractivity contribution in [3.63, 3.8) is 0 Å². The molecule has 1 aromatic rings. The van der Waals surface area contributed by atoms with Crippen molar-refractivity contribution in [2.24, 2.45) is 0 Å². The lowest BCUT2D eigenvalue weighted by Crippen LogP contribution is -2.35. The summed E-state index contributed by atoms with van der Waals surface area (Å²) in [6.07, 6.45) is 5.89. The first-order chi connectivity index (χ1) is 11.6. The second kappa shape index (κ2) is 8.86. The van der Waals surface area contributed by atoms with Crippen LogP contribution < -0.4 is 16.0 Å². The van der Waals surface area contributed by atoms with Gasteiger partial charge in [0.15, 0.2) is 0 Å². The van der Waals surface area contributed by atoms with Crippen LogP contribution in [-0.2, 0) is 9.59 Å². The van der Waals surface area contributed by atoms with Crippen molar-refractivity contribution < 1.29 is 14.4 Å². The minimum atomic E-state index is -0.305. The summed E-state index contributed by atoms with van der Waals surface area (Å²) >= 11 is 0. The Bertz CT molecular complexity index is 604. The van der Waals surface area contributed by atoms with Gasteiger partial charge in [0.25, 0.3) is 5.91 Å². The van der Waals surface area contributed by atoms with E-state index in [9.17, 15) is 14.4 Å². The van der Waals surface area contributed by atoms with Crippen LogP contribution in [0.1, 0.15) is 42.5 Å². The van der Waals surface area contributed by atoms with E-state index in [1.165, 1.54) is 18.9 Å². The van der Waals surface area contributed by atoms with Gasteiger partial charge in [0.05, 0.1) is 0 Å². The molecule has 128 valence electrons. The molecule has 3 N–H and O–H groups in total. The number of hydrogen-bond acceptors (Lipinski definition) is 3. The maximum absolute atomic E-state index is 12.0. The van der Waals surface area contributed by atoms with Crippen LogP contribution >= 0.6 is 0 Å². The molecule has 6 nitrogen and oxygen atoms in total. The highest BCUT2D eigenvalue weighted by Gasteiger charge is 2.16. The molecule has 0 heterocycles. The van der Waals surface area contributed by atoms with Crippen molar-refractivity contribution in [3.8, 4) is 0 Å². The third kappa shape index (κ3) is 5.53. The van der Waals surface area contributed by atoms with E-state index in [2.05, 4.69) is 22.5 Å². The van der Waals surface area contributed by atoms with Gasteiger partial charge in [-0.05, 0) is 43.2 Å². The molecule has 0 atom stereocenters. The minimum absolute atomic E-state index is 0.0234. The highest BCUT2D eigenvalue weighted by atomic mass is 16.2. The second-order valence-electron chi connectivity index (χ2n) is 5.83. The van der Waals surface area contributed by atoms with Crippen LogP contribution in [0.25, 0.3) is 0 Å². The normalized spacial score (nSPS) is 14.0. The van der Waals surface area contributed by atoms with Gasteiger partial charge in [-0.3, -0.25) is 14.4 Å². The molecular formula is C18H23N3O3. The number of rotatable bonds is 7. The Kier molecular flexibility index (Phi) is 6.54. The largest absolute Gasteiger partial charge is 0.353 e. The van der Waals surface area contributed by atoms with E-state index in [0.717, 1.165) is 12.8 Å². The van der Waals surface area contributed by atoms with Crippen molar-refractivity contribution in [3.05, 3.63) is 42.5 Å². The molecule has 3 amide bonds. The number of anilines is 1. The number of carbonyl (C=O) groups is 3. The van der Waals surface area contributed by atoms with E-state index in [4.69, 9.17) is 0 Å². The summed E-state index contributed by atoms with van der Waals surface area (Å²) < 4.78 is 0. The Hall–Kier alpha value is -2.63. The van der Waals surface area contributed by atoms with Crippen LogP contribution in [0.5, 0.6) is 0 Å². The minimum Gasteiger partial charge on any atom is -0.353 e. The van der Waals surface area contributed by atoms with E-state index in [1.807, 2.05) is 0 Å². The molecule has 0 radical (unpaired) electrons. The summed E-state index contributed by atoms with van der Waals surface area (Å²) in [7, 11) is 0. The first-order valence-corrected chi connectivity index (χ1v) is 8.19. The summed E-state index contributed by atoms with van der Waals surface area (Å²) in [5, 5.41) is 8.32. The van der Waals surface area contributed by atoms with Gasteiger partial charge < -0.3 is 16.0 Å². The molecule has 0 aliphatic heterocycles. The Labute approximate surface area is 141 Å². The first-order valence-electron chi connectivity index (χ1n) is 8.19. The molecule has 0 aromatic heterocycles. The van der Waals surface area contributed by atoms with Crippen molar-refractivity contribution in [2.45, 2.75) is 38.1 Å². The van der Waals surface area contributed by atoms with Gasteiger partial charge in [-0.2, -0.15) is 0 Å². The van der Waals surface area contributed by atoms with Crippen LogP contribution in [0.4, 0.5) is 5.69 Å². The van der Waals surface area contributed by atoms with E-state index in [-0.39, 0.29) is 24.1 Å². The molecular weight excluding hydrogens is 306 g/mol. The zero-order chi connectivity index (χ0) is 17.4. The van der Waals surface area contributed by atoms with E-state index in [0.29, 0.717) is 23.8 Å². The van der Waals surface area contributed by atoms with Crippen molar-refractivity contribution >= 4 is 23.4 Å². The van der Waals surface area contributed by atoms with Crippen LogP contribution in [-0.4, -0.2) is 30.3 Å². The predicted molar refractivity (Wildman–Crippen MR) is 92.6 cm³/mol. The van der Waals surface area contributed by atoms with Gasteiger partial charge in [0.1, 0.15) is 0 Å². The Morgan fingerprint density at radius 2 is 1.79 bits per heavy atom. The molecule has 24 heavy (non-hydrogen) atoms. The monoisotopic (exact) mass is 329 g/mol. The molecule has 2 rings (SSSR count). The fourth-order valence-electron chi connectivity index (χ4n) is 2.66. The average molecular weight is 329 g/mol. The zero-order valence-electron chi connectivity index (χ0n) is 13.6. The van der Waals surface area contributed by atoms with E-state index < -0.39 is 0 Å². The van der Waals surface area contributed by atoms with Gasteiger partial charge in [-0.25, -0.2) is 0 Å². The maximum Gasteiger partial charge on any atom is 0.251 e. The summed E-state index contributed by atoms with van der Waals surface area (Å²) in [6.45, 7) is 3.67. The number of amides is 3. The van der Waals surface area contributed by atoms with Gasteiger partial charge in [-0.15, -0.1) is 0 Å². The highest BCUT2D eigenvalue weighted by molar-refractivity contribution is 5.99. The van der Waals surface area contributed by atoms with E-state index in [1.54, 1.807) is 24.3 Å². The Balaban J connectivity index is 1.72. The van der Waals surface area contributed by atoms with Gasteiger partial charge in [-0.1, -0.05) is 19.4 Å². The van der Waals surface area contributed by atoms with Gasteiger partial charge in [0, 0.05) is 30.3 Å². The number of carbonyl (C=O) groups excluding carboxylic acids is 3. The highest BCUT2D eigenvalue weighted by Crippen LogP contribution is 2.17. The lowest BCUT2D eigenvalue weighted by atomic mass is 10.2. The Morgan fingerprint density at radius 3 is 2.42 bits per heavy atom. The van der Waals surface area contributed by atoms with Crippen LogP contribution in [0.3, 0.4) is 0 Å². The van der Waals surface area contributed by atoms with Crippen LogP contribution in [0, 0.1) is 0 Å². The summed E-state index contributed by atoms with van der Waals surface area (Å²) in [5.74, 6) is -0.574. The smallest absolute Gasteiger partial charge is 0.251 e. The number of nitrogens with one attached hydrogen (secondary N) is 3. The number of hydrogen-bond donors (Lipinski definition) is 3. The zero-order valence-corrected chi connectivity index (χ0v) is 13.6. The SMILES string of the molecule is C=CC(=O)Nc1ccc(C(=O)NCCC(=O)NC2CCCC2)cc1. The molecule has 1 saturated carbocycles. The lowest BCUT2D eigenvalue weighted by molar-refractivity contribution is -0.121. The van der Waals surface area contributed by atoms with E-state index >= 15 is 0 Å². The molecule has 0 saturated heterocycles. The lowest BCUT2D eigenvalue weighted by Gasteiger charge is -2.12. The molecule has 1 fully saturated rings. The summed E-state index contributed by atoms with van der Waals surface area (Å²) in [4.78, 5) is 35.0. The molecule has 0 bridgehead atoms. The standard InChI is InChI=1S/C18H23N3O3/c1-2-16(22)20-15-9-7-13(8-10-15)18(24)19-12-11-17(23)21-14-5-3-4-6-14/h2,7-10,14H,1,3-6,11-12H2,(H,19,24)(H,20,22)(H,21,23). The molecule has 1 aliphatic carbocycles. The third-order valence-electron chi connectivity index (χ3n) is 3.96. The fourth-order valence-corrected chi connectivity index (χ4v) is 2.66. The molecule has 0 unspecified atom stereocenters. The van der Waals surface area contributed by atoms with Gasteiger partial charge in [0.2, 0.25) is 11.8 Å². The van der Waals surface area contributed by atoms with Crippen LogP contribution in [0.15, 0.2) is 36.9 Å². The second-order valence-corrected chi connectivity index (χ2v) is 5.83. The molecule has 0 spiro atoms. The molecule has 6 heteroatoms. The number of benzene rings is 1. The van der Waals surface area contributed by atoms with Crippen molar-refractivity contribution in [1.82, 2.24) is 10.6 Å². The quantitative estimate of drug-likeness (QED) is 0.669. The van der Waals surface area contributed by atoms with Crippen molar-refractivity contribution in [2.75, 3.05) is 11.9 Å². The average Bonchev–Trinajstić information content (AvgIpc) is 3.08. The fraction of sp³-hybridized carbons (Fsp3) is 0.389. The third-order valence-corrected chi connectivity index (χ3v) is 3.96. The maximum atomic E-state index is 12.0.